The highest BCUT2D eigenvalue weighted by Crippen LogP contribution is 2.30. The van der Waals surface area contributed by atoms with Gasteiger partial charge in [-0.2, -0.15) is 0 Å². The Hall–Kier alpha value is -1.63. The molecule has 0 aliphatic carbocycles. The summed E-state index contributed by atoms with van der Waals surface area (Å²) in [6, 6.07) is 4.33. The summed E-state index contributed by atoms with van der Waals surface area (Å²) in [5.41, 5.74) is -0.0537. The number of ether oxygens (including phenoxy) is 1. The average Bonchev–Trinajstić information content (AvgIpc) is 2.29. The van der Waals surface area contributed by atoms with Gasteiger partial charge in [0.1, 0.15) is 11.4 Å². The van der Waals surface area contributed by atoms with Crippen molar-refractivity contribution in [1.29, 1.82) is 0 Å². The van der Waals surface area contributed by atoms with E-state index in [1.807, 2.05) is 0 Å². The molecule has 6 nitrogen and oxygen atoms in total. The molecule has 1 amide bonds. The number of alkyl halides is 1. The summed E-state index contributed by atoms with van der Waals surface area (Å²) >= 11 is 3.20. The minimum Gasteiger partial charge on any atom is -0.494 e. The Morgan fingerprint density at radius 2 is 2.16 bits per heavy atom. The molecule has 0 bridgehead atoms. The smallest absolute Gasteiger partial charge is 0.296 e. The van der Waals surface area contributed by atoms with Crippen molar-refractivity contribution < 1.29 is 14.5 Å². The maximum absolute atomic E-state index is 11.8. The van der Waals surface area contributed by atoms with Gasteiger partial charge in [0.25, 0.3) is 5.69 Å². The Morgan fingerprint density at radius 3 is 2.63 bits per heavy atom. The Balaban J connectivity index is 3.07. The first-order valence-electron chi connectivity index (χ1n) is 5.67. The summed E-state index contributed by atoms with van der Waals surface area (Å²) in [6.45, 7) is 5.51. The van der Waals surface area contributed by atoms with E-state index in [9.17, 15) is 14.9 Å². The number of amides is 1. The number of hydrogen-bond acceptors (Lipinski definition) is 4. The Morgan fingerprint density at radius 1 is 1.53 bits per heavy atom. The van der Waals surface area contributed by atoms with Crippen molar-refractivity contribution in [3.05, 3.63) is 28.3 Å². The van der Waals surface area contributed by atoms with Gasteiger partial charge in [0, 0.05) is 0 Å². The SMILES string of the molecule is CCOc1ccc(NC(=O)C(C)(C)Br)c([N+](=O)[O-])c1. The van der Waals surface area contributed by atoms with E-state index in [4.69, 9.17) is 4.74 Å². The third kappa shape index (κ3) is 4.20. The molecule has 0 aliphatic rings. The molecular formula is C12H15BrN2O4. The van der Waals surface area contributed by atoms with E-state index in [0.717, 1.165) is 0 Å². The van der Waals surface area contributed by atoms with Gasteiger partial charge in [0.15, 0.2) is 0 Å². The van der Waals surface area contributed by atoms with E-state index in [1.165, 1.54) is 12.1 Å². The van der Waals surface area contributed by atoms with E-state index in [2.05, 4.69) is 21.2 Å². The second-order valence-electron chi connectivity index (χ2n) is 4.30. The van der Waals surface area contributed by atoms with Gasteiger partial charge in [0.05, 0.1) is 21.9 Å². The molecule has 1 rings (SSSR count). The third-order valence-electron chi connectivity index (χ3n) is 2.27. The number of nitrogens with one attached hydrogen (secondary N) is 1. The van der Waals surface area contributed by atoms with Crippen molar-refractivity contribution in [3.8, 4) is 5.75 Å². The summed E-state index contributed by atoms with van der Waals surface area (Å²) in [7, 11) is 0. The quantitative estimate of drug-likeness (QED) is 0.511. The highest BCUT2D eigenvalue weighted by atomic mass is 79.9. The first-order valence-corrected chi connectivity index (χ1v) is 6.46. The van der Waals surface area contributed by atoms with Crippen LogP contribution in [0.5, 0.6) is 5.75 Å². The van der Waals surface area contributed by atoms with Gasteiger partial charge in [-0.25, -0.2) is 0 Å². The lowest BCUT2D eigenvalue weighted by Crippen LogP contribution is -2.31. The van der Waals surface area contributed by atoms with Gasteiger partial charge in [-0.3, -0.25) is 14.9 Å². The van der Waals surface area contributed by atoms with Crippen molar-refractivity contribution in [2.45, 2.75) is 25.1 Å². The van der Waals surface area contributed by atoms with Crippen LogP contribution in [0.4, 0.5) is 11.4 Å². The fourth-order valence-corrected chi connectivity index (χ4v) is 1.39. The van der Waals surface area contributed by atoms with E-state index in [1.54, 1.807) is 26.8 Å². The first-order chi connectivity index (χ1) is 8.75. The van der Waals surface area contributed by atoms with E-state index in [0.29, 0.717) is 12.4 Å². The molecule has 7 heteroatoms. The number of rotatable bonds is 5. The van der Waals surface area contributed by atoms with Crippen LogP contribution in [-0.4, -0.2) is 21.8 Å². The molecule has 0 heterocycles. The van der Waals surface area contributed by atoms with Crippen molar-refractivity contribution in [2.75, 3.05) is 11.9 Å². The monoisotopic (exact) mass is 330 g/mol. The number of carbonyl (C=O) groups excluding carboxylic acids is 1. The summed E-state index contributed by atoms with van der Waals surface area (Å²) in [5, 5.41) is 13.5. The molecule has 0 unspecified atom stereocenters. The number of nitro benzene ring substituents is 1. The number of benzene rings is 1. The number of nitro groups is 1. The van der Waals surface area contributed by atoms with Gasteiger partial charge in [-0.15, -0.1) is 0 Å². The van der Waals surface area contributed by atoms with Gasteiger partial charge >= 0.3 is 0 Å². The topological polar surface area (TPSA) is 81.5 Å². The zero-order valence-corrected chi connectivity index (χ0v) is 12.5. The fraction of sp³-hybridized carbons (Fsp3) is 0.417. The molecule has 1 aromatic carbocycles. The zero-order valence-electron chi connectivity index (χ0n) is 10.9. The van der Waals surface area contributed by atoms with Crippen LogP contribution in [0.2, 0.25) is 0 Å². The maximum atomic E-state index is 11.8. The molecular weight excluding hydrogens is 316 g/mol. The Labute approximate surface area is 119 Å². The second-order valence-corrected chi connectivity index (χ2v) is 6.28. The van der Waals surface area contributed by atoms with Crippen LogP contribution in [0.15, 0.2) is 18.2 Å². The lowest BCUT2D eigenvalue weighted by atomic mass is 10.2. The number of halogens is 1. The summed E-state index contributed by atoms with van der Waals surface area (Å²) < 4.78 is 4.39. The van der Waals surface area contributed by atoms with Crippen LogP contribution in [0.1, 0.15) is 20.8 Å². The number of anilines is 1. The second kappa shape index (κ2) is 6.01. The fourth-order valence-electron chi connectivity index (χ4n) is 1.30. The molecule has 104 valence electrons. The standard InChI is InChI=1S/C12H15BrN2O4/c1-4-19-8-5-6-9(10(7-8)15(17)18)14-11(16)12(2,3)13/h5-7H,4H2,1-3H3,(H,14,16). The van der Waals surface area contributed by atoms with Crippen molar-refractivity contribution in [3.63, 3.8) is 0 Å². The van der Waals surface area contributed by atoms with E-state index in [-0.39, 0.29) is 17.3 Å². The maximum Gasteiger partial charge on any atom is 0.296 e. The summed E-state index contributed by atoms with van der Waals surface area (Å²) in [4.78, 5) is 22.2. The normalized spacial score (nSPS) is 10.9. The van der Waals surface area contributed by atoms with Crippen LogP contribution in [0.25, 0.3) is 0 Å². The highest BCUT2D eigenvalue weighted by Gasteiger charge is 2.26. The van der Waals surface area contributed by atoms with Crippen LogP contribution >= 0.6 is 15.9 Å². The Bertz CT molecular complexity index is 497. The van der Waals surface area contributed by atoms with Crippen LogP contribution in [-0.2, 0) is 4.79 Å². The first kappa shape index (κ1) is 15.4. The molecule has 0 aromatic heterocycles. The molecule has 1 aromatic rings. The average molecular weight is 331 g/mol. The molecule has 0 fully saturated rings. The summed E-state index contributed by atoms with van der Waals surface area (Å²) in [5.74, 6) is 0.0325. The third-order valence-corrected chi connectivity index (χ3v) is 2.63. The van der Waals surface area contributed by atoms with Crippen molar-refractivity contribution in [2.24, 2.45) is 0 Å². The number of carbonyl (C=O) groups is 1. The zero-order chi connectivity index (χ0) is 14.6. The van der Waals surface area contributed by atoms with Crippen molar-refractivity contribution >= 4 is 33.2 Å². The Kier molecular flexibility index (Phi) is 4.88. The molecule has 1 N–H and O–H groups in total. The van der Waals surface area contributed by atoms with Crippen LogP contribution in [0.3, 0.4) is 0 Å². The predicted octanol–water partition coefficient (Wildman–Crippen LogP) is 3.11. The molecule has 0 atom stereocenters. The lowest BCUT2D eigenvalue weighted by Gasteiger charge is -2.16. The number of nitrogens with zero attached hydrogens (tertiary/aromatic N) is 1. The van der Waals surface area contributed by atoms with Crippen LogP contribution < -0.4 is 10.1 Å². The lowest BCUT2D eigenvalue weighted by molar-refractivity contribution is -0.384. The summed E-state index contributed by atoms with van der Waals surface area (Å²) in [6.07, 6.45) is 0. The molecule has 0 radical (unpaired) electrons. The van der Waals surface area contributed by atoms with Crippen LogP contribution in [0, 0.1) is 10.1 Å². The van der Waals surface area contributed by atoms with Gasteiger partial charge in [0.2, 0.25) is 5.91 Å². The molecule has 19 heavy (non-hydrogen) atoms. The molecule has 0 saturated carbocycles. The minimum atomic E-state index is -0.806. The molecule has 0 spiro atoms. The van der Waals surface area contributed by atoms with E-state index < -0.39 is 9.25 Å². The van der Waals surface area contributed by atoms with Crippen molar-refractivity contribution in [1.82, 2.24) is 0 Å². The number of hydrogen-bond donors (Lipinski definition) is 1. The van der Waals surface area contributed by atoms with Gasteiger partial charge in [-0.05, 0) is 32.9 Å². The predicted molar refractivity (Wildman–Crippen MR) is 75.9 cm³/mol. The molecule has 0 saturated heterocycles. The highest BCUT2D eigenvalue weighted by molar-refractivity contribution is 9.10. The van der Waals surface area contributed by atoms with Gasteiger partial charge in [-0.1, -0.05) is 15.9 Å². The van der Waals surface area contributed by atoms with E-state index >= 15 is 0 Å². The van der Waals surface area contributed by atoms with Gasteiger partial charge < -0.3 is 10.1 Å². The minimum absolute atomic E-state index is 0.144. The largest absolute Gasteiger partial charge is 0.494 e. The molecule has 0 aliphatic heterocycles.